The van der Waals surface area contributed by atoms with E-state index in [1.165, 1.54) is 39.4 Å². The highest BCUT2D eigenvalue weighted by Gasteiger charge is 2.16. The van der Waals surface area contributed by atoms with Gasteiger partial charge in [0, 0.05) is 26.6 Å². The molecule has 0 unspecified atom stereocenters. The molecular formula is C31H43N3O6. The third-order valence-electron chi connectivity index (χ3n) is 5.69. The van der Waals surface area contributed by atoms with Crippen LogP contribution in [0.1, 0.15) is 23.5 Å². The van der Waals surface area contributed by atoms with E-state index in [-0.39, 0.29) is 0 Å². The Balaban J connectivity index is 0.000000559. The Morgan fingerprint density at radius 2 is 1.20 bits per heavy atom. The summed E-state index contributed by atoms with van der Waals surface area (Å²) in [6.45, 7) is 1.79. The maximum absolute atomic E-state index is 10.3. The summed E-state index contributed by atoms with van der Waals surface area (Å²) >= 11 is 0. The van der Waals surface area contributed by atoms with Gasteiger partial charge in [-0.15, -0.1) is 0 Å². The third kappa shape index (κ3) is 14.8. The second kappa shape index (κ2) is 20.8. The van der Waals surface area contributed by atoms with Crippen LogP contribution in [0.5, 0.6) is 5.75 Å². The first-order chi connectivity index (χ1) is 19.3. The molecule has 0 radical (unpaired) electrons. The van der Waals surface area contributed by atoms with Gasteiger partial charge in [0.2, 0.25) is 0 Å². The lowest BCUT2D eigenvalue weighted by atomic mass is 9.88. The predicted octanol–water partition coefficient (Wildman–Crippen LogP) is 4.52. The van der Waals surface area contributed by atoms with Crippen molar-refractivity contribution in [1.82, 2.24) is 15.5 Å². The van der Waals surface area contributed by atoms with E-state index in [1.54, 1.807) is 0 Å². The molecule has 218 valence electrons. The molecule has 3 rings (SSSR count). The zero-order chi connectivity index (χ0) is 29.6. The van der Waals surface area contributed by atoms with Crippen LogP contribution in [0.15, 0.2) is 91.0 Å². The highest BCUT2D eigenvalue weighted by molar-refractivity contribution is 5.66. The summed E-state index contributed by atoms with van der Waals surface area (Å²) in [6, 6.07) is 30.9. The number of nitrogens with one attached hydrogen (secondary N) is 2. The predicted molar refractivity (Wildman–Crippen MR) is 158 cm³/mol. The van der Waals surface area contributed by atoms with Gasteiger partial charge in [-0.05, 0) is 43.3 Å². The number of rotatable bonds is 10. The lowest BCUT2D eigenvalue weighted by Gasteiger charge is -2.24. The van der Waals surface area contributed by atoms with Gasteiger partial charge in [-0.2, -0.15) is 0 Å². The Labute approximate surface area is 238 Å². The Hall–Kier alpha value is -4.08. The zero-order valence-corrected chi connectivity index (χ0v) is 24.1. The monoisotopic (exact) mass is 553 g/mol. The van der Waals surface area contributed by atoms with Crippen molar-refractivity contribution in [3.8, 4) is 5.75 Å². The fourth-order valence-electron chi connectivity index (χ4n) is 3.66. The number of carbonyl (C=O) groups is 2. The summed E-state index contributed by atoms with van der Waals surface area (Å²) in [5, 5.41) is 14.8. The number of nitrogens with zero attached hydrogens (tertiary/aromatic N) is 1. The molecule has 0 aromatic heterocycles. The van der Waals surface area contributed by atoms with Crippen molar-refractivity contribution >= 4 is 12.2 Å². The molecule has 3 aromatic carbocycles. The highest BCUT2D eigenvalue weighted by atomic mass is 16.5. The van der Waals surface area contributed by atoms with Crippen molar-refractivity contribution in [2.45, 2.75) is 18.4 Å². The molecular weight excluding hydrogens is 510 g/mol. The number of methoxy groups -OCH3 is 2. The van der Waals surface area contributed by atoms with Gasteiger partial charge >= 0.3 is 12.2 Å². The number of likely N-dealkylation sites (N-methyl/N-ethyl adjacent to an activating group) is 1. The average Bonchev–Trinajstić information content (AvgIpc) is 3.01. The number of carbonyl (C=O) groups excluding carboxylic acids is 2. The standard InChI is InChI=1S/C25H29NO2.2C3H7NO2/c1-26(19-23(27)20-28-24-15-9-4-10-16-24)18-17-25(21-11-5-2-6-12-21)22-13-7-3-8-14-22;2*1-4-3(5)6-2/h2-16,23,25,27H,17-20H2,1H3;2*1-2H3,(H,4,5)/t23-;;/m0../s1. The fourth-order valence-corrected chi connectivity index (χ4v) is 3.66. The van der Waals surface area contributed by atoms with Gasteiger partial charge in [-0.3, -0.25) is 0 Å². The molecule has 0 aliphatic heterocycles. The Morgan fingerprint density at radius 3 is 1.57 bits per heavy atom. The highest BCUT2D eigenvalue weighted by Crippen LogP contribution is 2.28. The lowest BCUT2D eigenvalue weighted by molar-refractivity contribution is 0.0758. The third-order valence-corrected chi connectivity index (χ3v) is 5.69. The Morgan fingerprint density at radius 1 is 0.775 bits per heavy atom. The van der Waals surface area contributed by atoms with Crippen LogP contribution in [0.2, 0.25) is 0 Å². The van der Waals surface area contributed by atoms with Crippen LogP contribution in [-0.2, 0) is 9.47 Å². The molecule has 0 aliphatic rings. The molecule has 1 atom stereocenters. The largest absolute Gasteiger partial charge is 0.491 e. The average molecular weight is 554 g/mol. The zero-order valence-electron chi connectivity index (χ0n) is 24.1. The molecule has 40 heavy (non-hydrogen) atoms. The van der Waals surface area contributed by atoms with E-state index in [0.717, 1.165) is 18.7 Å². The van der Waals surface area contributed by atoms with Gasteiger partial charge in [0.15, 0.2) is 0 Å². The van der Waals surface area contributed by atoms with Crippen molar-refractivity contribution in [2.75, 3.05) is 55.1 Å². The molecule has 0 spiro atoms. The minimum atomic E-state index is -0.517. The van der Waals surface area contributed by atoms with E-state index in [1.807, 2.05) is 30.3 Å². The van der Waals surface area contributed by atoms with Crippen molar-refractivity contribution in [3.63, 3.8) is 0 Å². The fraction of sp³-hybridized carbons (Fsp3) is 0.355. The van der Waals surface area contributed by atoms with E-state index in [0.29, 0.717) is 19.1 Å². The van der Waals surface area contributed by atoms with Crippen LogP contribution in [0.25, 0.3) is 0 Å². The van der Waals surface area contributed by atoms with E-state index in [4.69, 9.17) is 4.74 Å². The number of hydrogen-bond acceptors (Lipinski definition) is 7. The number of aliphatic hydroxyl groups excluding tert-OH is 1. The van der Waals surface area contributed by atoms with Crippen molar-refractivity contribution in [1.29, 1.82) is 0 Å². The molecule has 9 nitrogen and oxygen atoms in total. The van der Waals surface area contributed by atoms with E-state index >= 15 is 0 Å². The summed E-state index contributed by atoms with van der Waals surface area (Å²) < 4.78 is 14.0. The maximum atomic E-state index is 10.3. The number of benzene rings is 3. The number of aliphatic hydroxyl groups is 1. The number of ether oxygens (including phenoxy) is 3. The second-order valence-electron chi connectivity index (χ2n) is 8.69. The quantitative estimate of drug-likeness (QED) is 0.339. The maximum Gasteiger partial charge on any atom is 0.406 e. The van der Waals surface area contributed by atoms with Gasteiger partial charge in [-0.1, -0.05) is 78.9 Å². The first-order valence-corrected chi connectivity index (χ1v) is 13.0. The molecule has 0 aliphatic carbocycles. The summed E-state index contributed by atoms with van der Waals surface area (Å²) in [6.07, 6.45) is -0.335. The molecule has 0 saturated carbocycles. The number of hydrogen-bond donors (Lipinski definition) is 3. The normalized spacial score (nSPS) is 10.7. The van der Waals surface area contributed by atoms with Crippen LogP contribution < -0.4 is 15.4 Å². The molecule has 9 heteroatoms. The van der Waals surface area contributed by atoms with Crippen molar-refractivity contribution in [2.24, 2.45) is 0 Å². The molecule has 3 N–H and O–H groups in total. The number of para-hydroxylation sites is 1. The van der Waals surface area contributed by atoms with Crippen LogP contribution in [0.4, 0.5) is 9.59 Å². The van der Waals surface area contributed by atoms with E-state index in [2.05, 4.69) is 92.7 Å². The first kappa shape index (κ1) is 33.9. The van der Waals surface area contributed by atoms with Crippen molar-refractivity contribution < 1.29 is 28.9 Å². The van der Waals surface area contributed by atoms with E-state index < -0.39 is 18.3 Å². The van der Waals surface area contributed by atoms with Crippen LogP contribution in [0.3, 0.4) is 0 Å². The Bertz CT molecular complexity index is 987. The molecule has 0 fully saturated rings. The topological polar surface area (TPSA) is 109 Å². The summed E-state index contributed by atoms with van der Waals surface area (Å²) in [7, 11) is 7.70. The molecule has 0 bridgehead atoms. The minimum absolute atomic E-state index is 0.301. The van der Waals surface area contributed by atoms with Gasteiger partial charge in [0.05, 0.1) is 14.2 Å². The molecule has 0 heterocycles. The molecule has 0 saturated heterocycles. The lowest BCUT2D eigenvalue weighted by Crippen LogP contribution is -2.34. The van der Waals surface area contributed by atoms with Crippen molar-refractivity contribution in [3.05, 3.63) is 102 Å². The Kier molecular flexibility index (Phi) is 17.7. The molecule has 3 aromatic rings. The van der Waals surface area contributed by atoms with E-state index in [9.17, 15) is 14.7 Å². The van der Waals surface area contributed by atoms with Gasteiger partial charge in [-0.25, -0.2) is 9.59 Å². The summed E-state index contributed by atoms with van der Waals surface area (Å²) in [5.74, 6) is 1.14. The number of alkyl carbamates (subject to hydrolysis) is 2. The second-order valence-corrected chi connectivity index (χ2v) is 8.69. The number of amides is 2. The summed E-state index contributed by atoms with van der Waals surface area (Å²) in [4.78, 5) is 21.9. The van der Waals surface area contributed by atoms with Gasteiger partial charge < -0.3 is 34.9 Å². The van der Waals surface area contributed by atoms with Crippen LogP contribution in [-0.4, -0.2) is 83.4 Å². The molecule has 2 amide bonds. The SMILES string of the molecule is CN(CCC(c1ccccc1)c1ccccc1)C[C@H](O)COc1ccccc1.CNC(=O)OC.CNC(=O)OC. The van der Waals surface area contributed by atoms with Gasteiger partial charge in [0.25, 0.3) is 0 Å². The summed E-state index contributed by atoms with van der Waals surface area (Å²) in [5.41, 5.74) is 2.66. The first-order valence-electron chi connectivity index (χ1n) is 13.0. The van der Waals surface area contributed by atoms with Crippen LogP contribution >= 0.6 is 0 Å². The van der Waals surface area contributed by atoms with Crippen LogP contribution in [0, 0.1) is 0 Å². The van der Waals surface area contributed by atoms with Gasteiger partial charge in [0.1, 0.15) is 18.5 Å². The minimum Gasteiger partial charge on any atom is -0.491 e. The smallest absolute Gasteiger partial charge is 0.406 e.